The molecule has 2 aliphatic rings. The fourth-order valence-electron chi connectivity index (χ4n) is 4.16. The molecule has 0 aliphatic heterocycles. The van der Waals surface area contributed by atoms with Gasteiger partial charge in [-0.05, 0) is 31.6 Å². The van der Waals surface area contributed by atoms with Crippen molar-refractivity contribution in [3.8, 4) is 0 Å². The molecule has 0 aromatic carbocycles. The lowest BCUT2D eigenvalue weighted by Gasteiger charge is -2.22. The summed E-state index contributed by atoms with van der Waals surface area (Å²) >= 11 is 0. The number of aromatic nitrogens is 3. The molecule has 6 nitrogen and oxygen atoms in total. The average molecular weight is 317 g/mol. The molecule has 2 atom stereocenters. The number of aliphatic hydroxyl groups excluding tert-OH is 1. The Bertz CT molecular complexity index is 773. The summed E-state index contributed by atoms with van der Waals surface area (Å²) in [5, 5.41) is 12.8. The molecule has 2 aromatic rings. The number of fused-ring (bicyclic) bond motifs is 1. The van der Waals surface area contributed by atoms with Crippen LogP contribution in [0.5, 0.6) is 0 Å². The Hall–Kier alpha value is -1.66. The van der Waals surface area contributed by atoms with E-state index in [0.29, 0.717) is 29.3 Å². The van der Waals surface area contributed by atoms with Gasteiger partial charge < -0.3 is 9.84 Å². The molecule has 1 spiro atoms. The lowest BCUT2D eigenvalue weighted by Crippen LogP contribution is -2.17. The number of nitrogens with zero attached hydrogens (tertiary/aromatic N) is 2. The highest BCUT2D eigenvalue weighted by atomic mass is 16.6. The van der Waals surface area contributed by atoms with Gasteiger partial charge in [0, 0.05) is 24.7 Å². The number of hydrogen-bond donors (Lipinski definition) is 2. The van der Waals surface area contributed by atoms with E-state index in [0.717, 1.165) is 12.1 Å². The van der Waals surface area contributed by atoms with Crippen LogP contribution in [0.25, 0.3) is 5.65 Å². The van der Waals surface area contributed by atoms with Gasteiger partial charge in [0.15, 0.2) is 11.9 Å². The molecule has 0 radical (unpaired) electrons. The zero-order valence-electron chi connectivity index (χ0n) is 13.4. The Labute approximate surface area is 134 Å². The number of nitrogens with one attached hydrogen (secondary N) is 1. The van der Waals surface area contributed by atoms with Gasteiger partial charge in [0.05, 0.1) is 11.4 Å². The Morgan fingerprint density at radius 2 is 2.22 bits per heavy atom. The minimum Gasteiger partial charge on any atom is -0.363 e. The standard InChI is InChI=1S/C17H23N3O3/c1-2-23-16(22)13-8-14-18-12(9-15(21)20(14)19-13)11-10-17(11)6-4-3-5-7-17/h8-9,11,16,19,22H,2-7,10H2,1H3. The van der Waals surface area contributed by atoms with Gasteiger partial charge in [0.25, 0.3) is 5.56 Å². The minimum atomic E-state index is -1.06. The van der Waals surface area contributed by atoms with E-state index in [9.17, 15) is 9.90 Å². The second kappa shape index (κ2) is 5.46. The van der Waals surface area contributed by atoms with E-state index in [1.165, 1.54) is 36.6 Å². The Balaban J connectivity index is 1.66. The maximum Gasteiger partial charge on any atom is 0.272 e. The smallest absolute Gasteiger partial charge is 0.272 e. The number of aromatic amines is 1. The molecule has 2 unspecified atom stereocenters. The molecule has 4 rings (SSSR count). The van der Waals surface area contributed by atoms with Crippen molar-refractivity contribution in [3.05, 3.63) is 33.9 Å². The summed E-state index contributed by atoms with van der Waals surface area (Å²) in [4.78, 5) is 17.0. The molecule has 2 aromatic heterocycles. The van der Waals surface area contributed by atoms with E-state index in [4.69, 9.17) is 4.74 Å². The average Bonchev–Trinajstić information content (AvgIpc) is 3.05. The van der Waals surface area contributed by atoms with Crippen LogP contribution in [-0.4, -0.2) is 26.3 Å². The van der Waals surface area contributed by atoms with Gasteiger partial charge in [-0.3, -0.25) is 9.89 Å². The molecule has 2 aliphatic carbocycles. The van der Waals surface area contributed by atoms with Gasteiger partial charge >= 0.3 is 0 Å². The third-order valence-corrected chi connectivity index (χ3v) is 5.48. The largest absolute Gasteiger partial charge is 0.363 e. The van der Waals surface area contributed by atoms with Crippen LogP contribution in [0.2, 0.25) is 0 Å². The van der Waals surface area contributed by atoms with Gasteiger partial charge in [0.2, 0.25) is 0 Å². The van der Waals surface area contributed by atoms with Crippen LogP contribution in [0.15, 0.2) is 16.9 Å². The first-order valence-corrected chi connectivity index (χ1v) is 8.55. The summed E-state index contributed by atoms with van der Waals surface area (Å²) in [5.74, 6) is 0.427. The van der Waals surface area contributed by atoms with Crippen molar-refractivity contribution in [2.24, 2.45) is 5.41 Å². The molecule has 2 saturated carbocycles. The van der Waals surface area contributed by atoms with Crippen molar-refractivity contribution in [3.63, 3.8) is 0 Å². The molecular weight excluding hydrogens is 294 g/mol. The summed E-state index contributed by atoms with van der Waals surface area (Å²) in [6.07, 6.45) is 6.56. The predicted octanol–water partition coefficient (Wildman–Crippen LogP) is 2.49. The van der Waals surface area contributed by atoms with Crippen molar-refractivity contribution in [2.45, 2.75) is 57.7 Å². The molecule has 0 bridgehead atoms. The highest BCUT2D eigenvalue weighted by Gasteiger charge is 2.55. The van der Waals surface area contributed by atoms with E-state index in [1.807, 2.05) is 6.92 Å². The molecule has 23 heavy (non-hydrogen) atoms. The first-order valence-electron chi connectivity index (χ1n) is 8.55. The molecule has 2 N–H and O–H groups in total. The van der Waals surface area contributed by atoms with Crippen molar-refractivity contribution in [1.29, 1.82) is 0 Å². The predicted molar refractivity (Wildman–Crippen MR) is 85.3 cm³/mol. The van der Waals surface area contributed by atoms with Crippen molar-refractivity contribution in [2.75, 3.05) is 6.61 Å². The van der Waals surface area contributed by atoms with Crippen LogP contribution < -0.4 is 5.56 Å². The molecule has 6 heteroatoms. The quantitative estimate of drug-likeness (QED) is 0.849. The zero-order chi connectivity index (χ0) is 16.0. The van der Waals surface area contributed by atoms with Gasteiger partial charge in [-0.1, -0.05) is 19.3 Å². The Morgan fingerprint density at radius 1 is 1.43 bits per heavy atom. The zero-order valence-corrected chi connectivity index (χ0v) is 13.4. The Kier molecular flexibility index (Phi) is 3.54. The van der Waals surface area contributed by atoms with E-state index in [1.54, 1.807) is 12.1 Å². The molecule has 2 fully saturated rings. The SMILES string of the molecule is CCOC(O)c1cc2nc(C3CC34CCCCC4)cc(=O)n2[nH]1. The van der Waals surface area contributed by atoms with Crippen LogP contribution in [0.3, 0.4) is 0 Å². The molecule has 0 saturated heterocycles. The second-order valence-electron chi connectivity index (χ2n) is 6.91. The van der Waals surface area contributed by atoms with Crippen LogP contribution in [-0.2, 0) is 4.74 Å². The second-order valence-corrected chi connectivity index (χ2v) is 6.91. The van der Waals surface area contributed by atoms with E-state index < -0.39 is 6.29 Å². The summed E-state index contributed by atoms with van der Waals surface area (Å²) in [6, 6.07) is 3.34. The van der Waals surface area contributed by atoms with Gasteiger partial charge in [-0.15, -0.1) is 0 Å². The van der Waals surface area contributed by atoms with Gasteiger partial charge in [0.1, 0.15) is 0 Å². The number of H-pyrrole nitrogens is 1. The summed E-state index contributed by atoms with van der Waals surface area (Å²) < 4.78 is 6.53. The number of hydrogen-bond acceptors (Lipinski definition) is 4. The minimum absolute atomic E-state index is 0.127. The van der Waals surface area contributed by atoms with Crippen molar-refractivity contribution >= 4 is 5.65 Å². The number of aliphatic hydroxyl groups is 1. The first-order chi connectivity index (χ1) is 11.1. The fraction of sp³-hybridized carbons (Fsp3) is 0.647. The Morgan fingerprint density at radius 3 is 2.96 bits per heavy atom. The highest BCUT2D eigenvalue weighted by molar-refractivity contribution is 5.42. The van der Waals surface area contributed by atoms with Crippen LogP contribution in [0, 0.1) is 5.41 Å². The number of ether oxygens (including phenoxy) is 1. The number of rotatable bonds is 4. The van der Waals surface area contributed by atoms with Crippen molar-refractivity contribution < 1.29 is 9.84 Å². The fourth-order valence-corrected chi connectivity index (χ4v) is 4.16. The van der Waals surface area contributed by atoms with E-state index in [2.05, 4.69) is 10.1 Å². The van der Waals surface area contributed by atoms with Gasteiger partial charge in [-0.25, -0.2) is 9.50 Å². The van der Waals surface area contributed by atoms with Crippen LogP contribution in [0.4, 0.5) is 0 Å². The maximum atomic E-state index is 12.4. The lowest BCUT2D eigenvalue weighted by molar-refractivity contribution is -0.101. The summed E-state index contributed by atoms with van der Waals surface area (Å²) in [5.41, 5.74) is 2.20. The highest BCUT2D eigenvalue weighted by Crippen LogP contribution is 2.66. The topological polar surface area (TPSA) is 79.6 Å². The molecule has 0 amide bonds. The third kappa shape index (κ3) is 2.50. The molecule has 2 heterocycles. The first kappa shape index (κ1) is 14.9. The van der Waals surface area contributed by atoms with E-state index >= 15 is 0 Å². The van der Waals surface area contributed by atoms with Crippen LogP contribution in [0.1, 0.15) is 69.0 Å². The summed E-state index contributed by atoms with van der Waals surface area (Å²) in [6.45, 7) is 2.21. The molecule has 124 valence electrons. The maximum absolute atomic E-state index is 12.4. The summed E-state index contributed by atoms with van der Waals surface area (Å²) in [7, 11) is 0. The lowest BCUT2D eigenvalue weighted by atomic mass is 9.84. The van der Waals surface area contributed by atoms with Gasteiger partial charge in [-0.2, -0.15) is 0 Å². The third-order valence-electron chi connectivity index (χ3n) is 5.48. The monoisotopic (exact) mass is 317 g/mol. The van der Waals surface area contributed by atoms with Crippen LogP contribution >= 0.6 is 0 Å². The van der Waals surface area contributed by atoms with E-state index in [-0.39, 0.29) is 5.56 Å². The molecular formula is C17H23N3O3. The normalized spacial score (nSPS) is 24.2. The van der Waals surface area contributed by atoms with Crippen molar-refractivity contribution in [1.82, 2.24) is 14.6 Å².